The number of carbonyl (C=O) groups is 5. The zero-order valence-corrected chi connectivity index (χ0v) is 19.2. The second-order valence-electron chi connectivity index (χ2n) is 7.94. The van der Waals surface area contributed by atoms with Crippen molar-refractivity contribution in [1.29, 1.82) is 0 Å². The summed E-state index contributed by atoms with van der Waals surface area (Å²) in [5.41, 5.74) is 0. The number of carbonyl (C=O) groups excluding carboxylic acids is 5. The Morgan fingerprint density at radius 3 is 1.50 bits per heavy atom. The van der Waals surface area contributed by atoms with Crippen molar-refractivity contribution in [2.24, 2.45) is 0 Å². The highest BCUT2D eigenvalue weighted by atomic mass is 16.5. The van der Waals surface area contributed by atoms with Gasteiger partial charge in [0.1, 0.15) is 24.2 Å². The van der Waals surface area contributed by atoms with Crippen LogP contribution in [0.15, 0.2) is 0 Å². The summed E-state index contributed by atoms with van der Waals surface area (Å²) in [7, 11) is 0. The smallest absolute Gasteiger partial charge is 0.328 e. The van der Waals surface area contributed by atoms with Crippen molar-refractivity contribution in [2.45, 2.75) is 77.5 Å². The van der Waals surface area contributed by atoms with Crippen molar-refractivity contribution in [3.8, 4) is 0 Å². The quantitative estimate of drug-likeness (QED) is 0.499. The van der Waals surface area contributed by atoms with Crippen molar-refractivity contribution >= 4 is 29.8 Å². The molecule has 2 rings (SSSR count). The lowest BCUT2D eigenvalue weighted by molar-refractivity contribution is -0.153. The van der Waals surface area contributed by atoms with Crippen LogP contribution in [-0.4, -0.2) is 90.1 Å². The van der Waals surface area contributed by atoms with Crippen molar-refractivity contribution < 1.29 is 33.4 Å². The van der Waals surface area contributed by atoms with E-state index in [0.29, 0.717) is 38.8 Å². The zero-order valence-electron chi connectivity index (χ0n) is 19.2. The summed E-state index contributed by atoms with van der Waals surface area (Å²) in [4.78, 5) is 64.9. The summed E-state index contributed by atoms with van der Waals surface area (Å²) in [6.07, 6.45) is 2.40. The molecule has 2 aliphatic heterocycles. The van der Waals surface area contributed by atoms with E-state index in [-0.39, 0.29) is 13.2 Å². The molecule has 0 aromatic rings. The number of amides is 4. The van der Waals surface area contributed by atoms with E-state index in [4.69, 9.17) is 9.47 Å². The molecule has 0 bridgehead atoms. The number of rotatable bonds is 8. The Hall–Kier alpha value is -2.85. The molecular weight excluding hydrogens is 420 g/mol. The molecule has 0 aliphatic carbocycles. The average Bonchev–Trinajstić information content (AvgIpc) is 3.42. The van der Waals surface area contributed by atoms with Gasteiger partial charge in [-0.15, -0.1) is 0 Å². The Labute approximate surface area is 188 Å². The maximum atomic E-state index is 12.8. The van der Waals surface area contributed by atoms with Crippen molar-refractivity contribution in [3.05, 3.63) is 0 Å². The highest BCUT2D eigenvalue weighted by Crippen LogP contribution is 2.20. The van der Waals surface area contributed by atoms with E-state index in [0.717, 1.165) is 0 Å². The SMILES string of the molecule is CCOC(=O)[C@@H]1CCCN1C(=O)[C@H](C)NC(=O)N[C@@H](C)C(=O)N1CCC[C@H]1C(=O)OCC. The predicted octanol–water partition coefficient (Wildman–Crippen LogP) is 0.171. The normalized spacial score (nSPS) is 22.1. The van der Waals surface area contributed by atoms with E-state index < -0.39 is 54.0 Å². The summed E-state index contributed by atoms with van der Waals surface area (Å²) >= 11 is 0. The summed E-state index contributed by atoms with van der Waals surface area (Å²) in [5, 5.41) is 5.05. The highest BCUT2D eigenvalue weighted by molar-refractivity contribution is 5.93. The highest BCUT2D eigenvalue weighted by Gasteiger charge is 2.39. The summed E-state index contributed by atoms with van der Waals surface area (Å²) in [6.45, 7) is 7.73. The van der Waals surface area contributed by atoms with Crippen LogP contribution >= 0.6 is 0 Å². The molecule has 0 aromatic carbocycles. The fraction of sp³-hybridized carbons (Fsp3) is 0.762. The summed E-state index contributed by atoms with van der Waals surface area (Å²) in [6, 6.07) is -3.78. The second-order valence-corrected chi connectivity index (χ2v) is 7.94. The minimum Gasteiger partial charge on any atom is -0.464 e. The Morgan fingerprint density at radius 2 is 1.16 bits per heavy atom. The van der Waals surface area contributed by atoms with Crippen molar-refractivity contribution in [1.82, 2.24) is 20.4 Å². The molecule has 11 nitrogen and oxygen atoms in total. The van der Waals surface area contributed by atoms with Gasteiger partial charge in [0, 0.05) is 13.1 Å². The average molecular weight is 455 g/mol. The van der Waals surface area contributed by atoms with Crippen molar-refractivity contribution in [2.75, 3.05) is 26.3 Å². The molecule has 2 fully saturated rings. The number of urea groups is 1. The first-order valence-corrected chi connectivity index (χ1v) is 11.2. The van der Waals surface area contributed by atoms with Gasteiger partial charge in [0.05, 0.1) is 13.2 Å². The summed E-state index contributed by atoms with van der Waals surface area (Å²) < 4.78 is 10.1. The Bertz CT molecular complexity index is 671. The molecule has 0 unspecified atom stereocenters. The topological polar surface area (TPSA) is 134 Å². The number of nitrogens with zero attached hydrogens (tertiary/aromatic N) is 2. The zero-order chi connectivity index (χ0) is 23.8. The van der Waals surface area contributed by atoms with E-state index in [1.165, 1.54) is 23.6 Å². The number of esters is 2. The Kier molecular flexibility index (Phi) is 9.27. The van der Waals surface area contributed by atoms with Crippen LogP contribution in [0.4, 0.5) is 4.79 Å². The standard InChI is InChI=1S/C21H34N4O7/c1-5-31-19(28)15-9-7-11-24(15)17(26)13(3)22-21(30)23-14(4)18(27)25-12-8-10-16(25)20(29)32-6-2/h13-16H,5-12H2,1-4H3,(H2,22,23,30)/t13-,14-,15-,16-/m0/s1. The third-order valence-corrected chi connectivity index (χ3v) is 5.63. The lowest BCUT2D eigenvalue weighted by atomic mass is 10.2. The maximum Gasteiger partial charge on any atom is 0.328 e. The van der Waals surface area contributed by atoms with Gasteiger partial charge in [-0.3, -0.25) is 9.59 Å². The number of likely N-dealkylation sites (tertiary alicyclic amines) is 2. The minimum absolute atomic E-state index is 0.230. The molecular formula is C21H34N4O7. The number of ether oxygens (including phenoxy) is 2. The van der Waals surface area contributed by atoms with Gasteiger partial charge in [-0.2, -0.15) is 0 Å². The van der Waals surface area contributed by atoms with E-state index in [1.807, 2.05) is 0 Å². The van der Waals surface area contributed by atoms with E-state index >= 15 is 0 Å². The lowest BCUT2D eigenvalue weighted by Gasteiger charge is -2.28. The van der Waals surface area contributed by atoms with Gasteiger partial charge in [-0.1, -0.05) is 0 Å². The van der Waals surface area contributed by atoms with Crippen LogP contribution in [-0.2, 0) is 28.7 Å². The second kappa shape index (κ2) is 11.7. The molecule has 2 saturated heterocycles. The maximum absolute atomic E-state index is 12.8. The molecule has 2 heterocycles. The lowest BCUT2D eigenvalue weighted by Crippen LogP contribution is -2.56. The van der Waals surface area contributed by atoms with Crippen LogP contribution in [0, 0.1) is 0 Å². The Balaban J connectivity index is 1.89. The molecule has 32 heavy (non-hydrogen) atoms. The molecule has 2 N–H and O–H groups in total. The molecule has 0 aromatic heterocycles. The van der Waals surface area contributed by atoms with Gasteiger partial charge in [0.25, 0.3) is 0 Å². The van der Waals surface area contributed by atoms with Gasteiger partial charge < -0.3 is 29.9 Å². The monoisotopic (exact) mass is 454 g/mol. The van der Waals surface area contributed by atoms with Crippen LogP contribution in [0.25, 0.3) is 0 Å². The third kappa shape index (κ3) is 6.10. The van der Waals surface area contributed by atoms with Gasteiger partial charge >= 0.3 is 18.0 Å². The first kappa shape index (κ1) is 25.4. The molecule has 2 aliphatic rings. The molecule has 0 saturated carbocycles. The Morgan fingerprint density at radius 1 is 0.781 bits per heavy atom. The molecule has 0 spiro atoms. The minimum atomic E-state index is -0.897. The van der Waals surface area contributed by atoms with Crippen LogP contribution in [0.1, 0.15) is 53.4 Å². The molecule has 0 radical (unpaired) electrons. The van der Waals surface area contributed by atoms with Crippen LogP contribution in [0.2, 0.25) is 0 Å². The number of hydrogen-bond acceptors (Lipinski definition) is 7. The number of nitrogens with one attached hydrogen (secondary N) is 2. The van der Waals surface area contributed by atoms with Gasteiger partial charge in [-0.25, -0.2) is 14.4 Å². The largest absolute Gasteiger partial charge is 0.464 e. The fourth-order valence-electron chi connectivity index (χ4n) is 4.08. The van der Waals surface area contributed by atoms with Gasteiger partial charge in [0.15, 0.2) is 0 Å². The van der Waals surface area contributed by atoms with Crippen LogP contribution in [0.5, 0.6) is 0 Å². The first-order chi connectivity index (χ1) is 15.2. The summed E-state index contributed by atoms with van der Waals surface area (Å²) in [5.74, 6) is -1.68. The molecule has 11 heteroatoms. The van der Waals surface area contributed by atoms with Gasteiger partial charge in [-0.05, 0) is 53.4 Å². The van der Waals surface area contributed by atoms with E-state index in [2.05, 4.69) is 10.6 Å². The van der Waals surface area contributed by atoms with E-state index in [9.17, 15) is 24.0 Å². The molecule has 4 amide bonds. The fourth-order valence-corrected chi connectivity index (χ4v) is 4.08. The first-order valence-electron chi connectivity index (χ1n) is 11.2. The molecule has 180 valence electrons. The third-order valence-electron chi connectivity index (χ3n) is 5.63. The predicted molar refractivity (Wildman–Crippen MR) is 113 cm³/mol. The van der Waals surface area contributed by atoms with Crippen molar-refractivity contribution in [3.63, 3.8) is 0 Å². The van der Waals surface area contributed by atoms with E-state index in [1.54, 1.807) is 13.8 Å². The van der Waals surface area contributed by atoms with Crippen LogP contribution < -0.4 is 10.6 Å². The number of hydrogen-bond donors (Lipinski definition) is 2. The van der Waals surface area contributed by atoms with Gasteiger partial charge in [0.2, 0.25) is 11.8 Å². The van der Waals surface area contributed by atoms with Crippen LogP contribution in [0.3, 0.4) is 0 Å². The molecule has 4 atom stereocenters.